The summed E-state index contributed by atoms with van der Waals surface area (Å²) in [5.41, 5.74) is 2.90. The van der Waals surface area contributed by atoms with Crippen molar-refractivity contribution in [1.29, 1.82) is 0 Å². The fraction of sp³-hybridized carbons (Fsp3) is 0.455. The van der Waals surface area contributed by atoms with Gasteiger partial charge in [-0.3, -0.25) is 0 Å². The maximum absolute atomic E-state index is 4.37. The summed E-state index contributed by atoms with van der Waals surface area (Å²) in [6.45, 7) is 5.08. The van der Waals surface area contributed by atoms with Gasteiger partial charge in [-0.05, 0) is 25.1 Å². The van der Waals surface area contributed by atoms with Crippen molar-refractivity contribution >= 4 is 28.9 Å². The fourth-order valence-electron chi connectivity index (χ4n) is 1.57. The van der Waals surface area contributed by atoms with Crippen molar-refractivity contribution in [3.63, 3.8) is 0 Å². The van der Waals surface area contributed by atoms with E-state index in [0.717, 1.165) is 34.6 Å². The first-order valence-corrected chi connectivity index (χ1v) is 7.56. The average Bonchev–Trinajstić information content (AvgIpc) is 2.86. The lowest BCUT2D eigenvalue weighted by Gasteiger charge is -2.11. The zero-order chi connectivity index (χ0) is 12.8. The van der Waals surface area contributed by atoms with E-state index >= 15 is 0 Å². The first-order chi connectivity index (χ1) is 8.85. The Morgan fingerprint density at radius 3 is 2.89 bits per heavy atom. The van der Waals surface area contributed by atoms with Crippen LogP contribution < -0.4 is 5.32 Å². The molecule has 18 heavy (non-hydrogen) atoms. The Kier molecular flexibility index (Phi) is 4.89. The van der Waals surface area contributed by atoms with Crippen molar-refractivity contribution in [1.82, 2.24) is 20.2 Å². The van der Waals surface area contributed by atoms with Crippen molar-refractivity contribution in [2.45, 2.75) is 36.1 Å². The smallest absolute Gasteiger partial charge is 0.180 e. The average molecular weight is 281 g/mol. The second kappa shape index (κ2) is 6.65. The molecule has 5 nitrogen and oxygen atoms in total. The maximum atomic E-state index is 4.37. The molecule has 0 fully saturated rings. The standard InChI is InChI=1S/C11H15N5S2/c1-3-5-8-9(12-4-2)13-6-14-10(8)18-11-16-15-7-17-11/h6-7H,3-5H2,1-2H3,(H,12,13,14). The summed E-state index contributed by atoms with van der Waals surface area (Å²) < 4.78 is 0.911. The van der Waals surface area contributed by atoms with E-state index in [1.165, 1.54) is 16.9 Å². The number of anilines is 1. The Labute approximate surface area is 114 Å². The quantitative estimate of drug-likeness (QED) is 0.821. The molecule has 0 aliphatic carbocycles. The van der Waals surface area contributed by atoms with Gasteiger partial charge in [0, 0.05) is 12.1 Å². The Bertz CT molecular complexity index is 486. The van der Waals surface area contributed by atoms with Gasteiger partial charge in [-0.2, -0.15) is 0 Å². The Hall–Kier alpha value is -1.21. The van der Waals surface area contributed by atoms with Crippen LogP contribution in [0.25, 0.3) is 0 Å². The second-order valence-corrected chi connectivity index (χ2v) is 5.66. The van der Waals surface area contributed by atoms with Gasteiger partial charge < -0.3 is 5.32 Å². The first-order valence-electron chi connectivity index (χ1n) is 5.86. The SMILES string of the molecule is CCCc1c(NCC)ncnc1Sc1nncs1. The molecule has 2 aromatic heterocycles. The van der Waals surface area contributed by atoms with E-state index in [1.807, 2.05) is 0 Å². The lowest BCUT2D eigenvalue weighted by atomic mass is 10.2. The molecule has 0 saturated carbocycles. The van der Waals surface area contributed by atoms with Crippen LogP contribution in [0.15, 0.2) is 21.2 Å². The Morgan fingerprint density at radius 1 is 1.33 bits per heavy atom. The Morgan fingerprint density at radius 2 is 2.22 bits per heavy atom. The van der Waals surface area contributed by atoms with Gasteiger partial charge in [0.1, 0.15) is 22.7 Å². The molecule has 2 rings (SSSR count). The van der Waals surface area contributed by atoms with Gasteiger partial charge in [0.15, 0.2) is 4.34 Å². The van der Waals surface area contributed by atoms with Gasteiger partial charge in [-0.1, -0.05) is 24.7 Å². The number of rotatable bonds is 6. The summed E-state index contributed by atoms with van der Waals surface area (Å²) in [5, 5.41) is 12.1. The Balaban J connectivity index is 2.29. The van der Waals surface area contributed by atoms with E-state index in [0.29, 0.717) is 0 Å². The molecule has 0 bridgehead atoms. The first kappa shape index (κ1) is 13.2. The summed E-state index contributed by atoms with van der Waals surface area (Å²) in [6.07, 6.45) is 3.63. The van der Waals surface area contributed by atoms with Crippen LogP contribution in [-0.4, -0.2) is 26.7 Å². The van der Waals surface area contributed by atoms with Gasteiger partial charge in [0.05, 0.1) is 0 Å². The molecule has 0 saturated heterocycles. The second-order valence-electron chi connectivity index (χ2n) is 3.59. The molecule has 0 radical (unpaired) electrons. The van der Waals surface area contributed by atoms with E-state index in [-0.39, 0.29) is 0 Å². The van der Waals surface area contributed by atoms with Crippen molar-refractivity contribution < 1.29 is 0 Å². The molecular weight excluding hydrogens is 266 g/mol. The maximum Gasteiger partial charge on any atom is 0.180 e. The predicted octanol–water partition coefficient (Wildman–Crippen LogP) is 2.86. The highest BCUT2D eigenvalue weighted by Gasteiger charge is 2.12. The highest BCUT2D eigenvalue weighted by Crippen LogP contribution is 2.32. The van der Waals surface area contributed by atoms with Crippen LogP contribution in [0.1, 0.15) is 25.8 Å². The van der Waals surface area contributed by atoms with Crippen LogP contribution in [-0.2, 0) is 6.42 Å². The van der Waals surface area contributed by atoms with Crippen LogP contribution in [0.4, 0.5) is 5.82 Å². The van der Waals surface area contributed by atoms with Gasteiger partial charge in [-0.25, -0.2) is 9.97 Å². The third-order valence-electron chi connectivity index (χ3n) is 2.27. The minimum atomic E-state index is 0.858. The molecule has 96 valence electrons. The molecule has 7 heteroatoms. The number of hydrogen-bond acceptors (Lipinski definition) is 7. The van der Waals surface area contributed by atoms with E-state index in [1.54, 1.807) is 23.6 Å². The van der Waals surface area contributed by atoms with Crippen LogP contribution in [0, 0.1) is 0 Å². The van der Waals surface area contributed by atoms with Crippen LogP contribution in [0.2, 0.25) is 0 Å². The monoisotopic (exact) mass is 281 g/mol. The summed E-state index contributed by atoms with van der Waals surface area (Å²) in [7, 11) is 0. The van der Waals surface area contributed by atoms with Gasteiger partial charge in [-0.15, -0.1) is 10.2 Å². The van der Waals surface area contributed by atoms with E-state index in [9.17, 15) is 0 Å². The van der Waals surface area contributed by atoms with Crippen molar-refractivity contribution in [2.75, 3.05) is 11.9 Å². The van der Waals surface area contributed by atoms with Crippen molar-refractivity contribution in [3.05, 3.63) is 17.4 Å². The molecule has 0 aliphatic heterocycles. The number of hydrogen-bond donors (Lipinski definition) is 1. The molecule has 0 unspecified atom stereocenters. The third-order valence-corrected chi connectivity index (χ3v) is 4.10. The summed E-state index contributed by atoms with van der Waals surface area (Å²) in [5.74, 6) is 0.932. The van der Waals surface area contributed by atoms with E-state index < -0.39 is 0 Å². The van der Waals surface area contributed by atoms with Crippen LogP contribution in [0.5, 0.6) is 0 Å². The molecule has 0 aromatic carbocycles. The summed E-state index contributed by atoms with van der Waals surface area (Å²) in [6, 6.07) is 0. The third kappa shape index (κ3) is 3.17. The zero-order valence-electron chi connectivity index (χ0n) is 10.4. The highest BCUT2D eigenvalue weighted by atomic mass is 32.2. The summed E-state index contributed by atoms with van der Waals surface area (Å²) >= 11 is 3.08. The minimum Gasteiger partial charge on any atom is -0.370 e. The molecule has 2 aromatic rings. The molecule has 2 heterocycles. The number of nitrogens with zero attached hydrogens (tertiary/aromatic N) is 4. The lowest BCUT2D eigenvalue weighted by Crippen LogP contribution is -2.05. The van der Waals surface area contributed by atoms with E-state index in [2.05, 4.69) is 39.3 Å². The van der Waals surface area contributed by atoms with Gasteiger partial charge in [0.2, 0.25) is 0 Å². The zero-order valence-corrected chi connectivity index (χ0v) is 12.0. The molecule has 0 spiro atoms. The summed E-state index contributed by atoms with van der Waals surface area (Å²) in [4.78, 5) is 8.67. The number of nitrogens with one attached hydrogen (secondary N) is 1. The van der Waals surface area contributed by atoms with Crippen molar-refractivity contribution in [2.24, 2.45) is 0 Å². The largest absolute Gasteiger partial charge is 0.370 e. The predicted molar refractivity (Wildman–Crippen MR) is 74.2 cm³/mol. The van der Waals surface area contributed by atoms with Crippen LogP contribution >= 0.6 is 23.1 Å². The molecule has 0 aliphatic rings. The molecular formula is C11H15N5S2. The normalized spacial score (nSPS) is 10.6. The molecule has 1 N–H and O–H groups in total. The topological polar surface area (TPSA) is 63.6 Å². The lowest BCUT2D eigenvalue weighted by molar-refractivity contribution is 0.854. The minimum absolute atomic E-state index is 0.858. The van der Waals surface area contributed by atoms with E-state index in [4.69, 9.17) is 0 Å². The molecule has 0 atom stereocenters. The van der Waals surface area contributed by atoms with Gasteiger partial charge in [0.25, 0.3) is 0 Å². The van der Waals surface area contributed by atoms with Gasteiger partial charge >= 0.3 is 0 Å². The number of aromatic nitrogens is 4. The fourth-order valence-corrected chi connectivity index (χ4v) is 3.08. The highest BCUT2D eigenvalue weighted by molar-refractivity contribution is 8.01. The van der Waals surface area contributed by atoms with Crippen LogP contribution in [0.3, 0.4) is 0 Å². The van der Waals surface area contributed by atoms with Crippen molar-refractivity contribution in [3.8, 4) is 0 Å². The molecule has 0 amide bonds.